The highest BCUT2D eigenvalue weighted by atomic mass is 32.2. The van der Waals surface area contributed by atoms with Crippen molar-refractivity contribution in [2.45, 2.75) is 31.9 Å². The quantitative estimate of drug-likeness (QED) is 0.340. The zero-order valence-electron chi connectivity index (χ0n) is 20.3. The molecule has 0 bridgehead atoms. The molecule has 0 fully saturated rings. The summed E-state index contributed by atoms with van der Waals surface area (Å²) >= 11 is 0. The normalized spacial score (nSPS) is 13.0. The number of sulfone groups is 1. The number of fused-ring (bicyclic) bond motifs is 1. The third kappa shape index (κ3) is 4.98. The fraction of sp³-hybridized carbons (Fsp3) is 0.241. The molecule has 1 atom stereocenters. The third-order valence-electron chi connectivity index (χ3n) is 6.72. The van der Waals surface area contributed by atoms with Crippen LogP contribution in [-0.4, -0.2) is 30.7 Å². The van der Waals surface area contributed by atoms with Gasteiger partial charge in [-0.25, -0.2) is 8.42 Å². The SMILES string of the molecule is CC(Cc1cccc(-c2cccc(-c3cc(C(C)(C)S(C)(=O)=O)cc4cccnc34)c2)c1)C(=O)O. The molecule has 0 amide bonds. The monoisotopic (exact) mass is 487 g/mol. The van der Waals surface area contributed by atoms with Crippen LogP contribution in [0.25, 0.3) is 33.2 Å². The van der Waals surface area contributed by atoms with Gasteiger partial charge in [-0.1, -0.05) is 55.5 Å². The van der Waals surface area contributed by atoms with E-state index in [0.29, 0.717) is 12.0 Å². The van der Waals surface area contributed by atoms with Gasteiger partial charge in [-0.05, 0) is 72.4 Å². The number of benzene rings is 3. The largest absolute Gasteiger partial charge is 0.481 e. The van der Waals surface area contributed by atoms with Crippen LogP contribution in [0.4, 0.5) is 0 Å². The Balaban J connectivity index is 1.84. The van der Waals surface area contributed by atoms with Gasteiger partial charge < -0.3 is 5.11 Å². The van der Waals surface area contributed by atoms with Crippen LogP contribution in [0, 0.1) is 5.92 Å². The first-order valence-electron chi connectivity index (χ1n) is 11.5. The molecule has 1 unspecified atom stereocenters. The summed E-state index contributed by atoms with van der Waals surface area (Å²) in [5.74, 6) is -1.27. The minimum Gasteiger partial charge on any atom is -0.481 e. The second kappa shape index (κ2) is 9.27. The molecular formula is C29H29NO4S. The van der Waals surface area contributed by atoms with E-state index in [1.54, 1.807) is 27.0 Å². The van der Waals surface area contributed by atoms with Gasteiger partial charge >= 0.3 is 5.97 Å². The lowest BCUT2D eigenvalue weighted by atomic mass is 9.91. The van der Waals surface area contributed by atoms with Gasteiger partial charge in [0.2, 0.25) is 0 Å². The molecule has 1 aromatic heterocycles. The van der Waals surface area contributed by atoms with Crippen LogP contribution in [0.3, 0.4) is 0 Å². The first-order chi connectivity index (χ1) is 16.5. The van der Waals surface area contributed by atoms with Crippen LogP contribution in [0.15, 0.2) is 79.0 Å². The highest BCUT2D eigenvalue weighted by molar-refractivity contribution is 7.91. The molecule has 4 aromatic rings. The maximum Gasteiger partial charge on any atom is 0.306 e. The van der Waals surface area contributed by atoms with Crippen molar-refractivity contribution in [1.29, 1.82) is 0 Å². The van der Waals surface area contributed by atoms with Crippen LogP contribution in [0.2, 0.25) is 0 Å². The number of carbonyl (C=O) groups is 1. The Morgan fingerprint density at radius 1 is 0.943 bits per heavy atom. The van der Waals surface area contributed by atoms with Gasteiger partial charge in [0.05, 0.1) is 16.2 Å². The average molecular weight is 488 g/mol. The van der Waals surface area contributed by atoms with Crippen LogP contribution in [-0.2, 0) is 25.8 Å². The van der Waals surface area contributed by atoms with Crippen LogP contribution in [0.1, 0.15) is 31.9 Å². The van der Waals surface area contributed by atoms with E-state index in [9.17, 15) is 18.3 Å². The Morgan fingerprint density at radius 2 is 1.60 bits per heavy atom. The van der Waals surface area contributed by atoms with Crippen molar-refractivity contribution < 1.29 is 18.3 Å². The molecule has 0 aliphatic rings. The van der Waals surface area contributed by atoms with Gasteiger partial charge in [0.1, 0.15) is 0 Å². The zero-order valence-corrected chi connectivity index (χ0v) is 21.1. The maximum absolute atomic E-state index is 12.6. The van der Waals surface area contributed by atoms with Gasteiger partial charge in [-0.15, -0.1) is 0 Å². The molecule has 0 saturated carbocycles. The lowest BCUT2D eigenvalue weighted by Gasteiger charge is -2.24. The third-order valence-corrected chi connectivity index (χ3v) is 8.81. The van der Waals surface area contributed by atoms with Gasteiger partial charge in [-0.3, -0.25) is 9.78 Å². The van der Waals surface area contributed by atoms with Crippen LogP contribution in [0.5, 0.6) is 0 Å². The second-order valence-electron chi connectivity index (χ2n) is 9.61. The fourth-order valence-electron chi connectivity index (χ4n) is 4.16. The Kier molecular flexibility index (Phi) is 6.52. The summed E-state index contributed by atoms with van der Waals surface area (Å²) in [7, 11) is -3.36. The number of nitrogens with zero attached hydrogens (tertiary/aromatic N) is 1. The van der Waals surface area contributed by atoms with Crippen molar-refractivity contribution in [1.82, 2.24) is 4.98 Å². The maximum atomic E-state index is 12.6. The lowest BCUT2D eigenvalue weighted by Crippen LogP contribution is -2.28. The molecule has 0 aliphatic carbocycles. The van der Waals surface area contributed by atoms with E-state index in [1.807, 2.05) is 66.7 Å². The van der Waals surface area contributed by atoms with Gasteiger partial charge in [0, 0.05) is 23.4 Å². The van der Waals surface area contributed by atoms with Crippen molar-refractivity contribution in [3.05, 3.63) is 90.1 Å². The van der Waals surface area contributed by atoms with Crippen molar-refractivity contribution >= 4 is 26.7 Å². The standard InChI is InChI=1S/C29H29NO4S/c1-19(28(31)32)14-20-8-5-9-21(15-20)22-10-6-11-23(16-22)26-18-25(29(2,3)35(4,33)34)17-24-12-7-13-30-27(24)26/h5-13,15-19H,14H2,1-4H3,(H,31,32). The molecule has 0 saturated heterocycles. The van der Waals surface area contributed by atoms with Crippen molar-refractivity contribution in [2.24, 2.45) is 5.92 Å². The molecule has 35 heavy (non-hydrogen) atoms. The topological polar surface area (TPSA) is 84.3 Å². The summed E-state index contributed by atoms with van der Waals surface area (Å²) in [4.78, 5) is 15.9. The molecule has 0 aliphatic heterocycles. The summed E-state index contributed by atoms with van der Waals surface area (Å²) in [6.45, 7) is 5.16. The predicted molar refractivity (Wildman–Crippen MR) is 141 cm³/mol. The van der Waals surface area contributed by atoms with Gasteiger partial charge in [0.15, 0.2) is 9.84 Å². The molecule has 1 heterocycles. The Hall–Kier alpha value is -3.51. The minimum atomic E-state index is -3.36. The molecule has 1 N–H and O–H groups in total. The van der Waals surface area contributed by atoms with E-state index in [0.717, 1.165) is 38.7 Å². The van der Waals surface area contributed by atoms with E-state index >= 15 is 0 Å². The minimum absolute atomic E-state index is 0.458. The van der Waals surface area contributed by atoms with E-state index in [2.05, 4.69) is 11.1 Å². The number of hydrogen-bond acceptors (Lipinski definition) is 4. The molecular weight excluding hydrogens is 458 g/mol. The van der Waals surface area contributed by atoms with Gasteiger partial charge in [0.25, 0.3) is 0 Å². The molecule has 5 nitrogen and oxygen atoms in total. The number of carboxylic acids is 1. The van der Waals surface area contributed by atoms with E-state index in [1.165, 1.54) is 6.26 Å². The summed E-state index contributed by atoms with van der Waals surface area (Å²) < 4.78 is 24.1. The number of hydrogen-bond donors (Lipinski definition) is 1. The summed E-state index contributed by atoms with van der Waals surface area (Å²) in [5, 5.41) is 10.1. The molecule has 4 rings (SSSR count). The number of carboxylic acid groups (broad SMARTS) is 1. The summed E-state index contributed by atoms with van der Waals surface area (Å²) in [5.41, 5.74) is 6.27. The average Bonchev–Trinajstić information content (AvgIpc) is 2.82. The number of aliphatic carboxylic acids is 1. The molecule has 3 aromatic carbocycles. The Labute approximate surface area is 206 Å². The van der Waals surface area contributed by atoms with Crippen molar-refractivity contribution in [3.8, 4) is 22.3 Å². The smallest absolute Gasteiger partial charge is 0.306 e. The zero-order chi connectivity index (χ0) is 25.4. The summed E-state index contributed by atoms with van der Waals surface area (Å²) in [6, 6.07) is 23.6. The van der Waals surface area contributed by atoms with Crippen molar-refractivity contribution in [2.75, 3.05) is 6.26 Å². The van der Waals surface area contributed by atoms with E-state index in [-0.39, 0.29) is 0 Å². The fourth-order valence-corrected chi connectivity index (χ4v) is 4.71. The van der Waals surface area contributed by atoms with E-state index in [4.69, 9.17) is 0 Å². The molecule has 0 spiro atoms. The summed E-state index contributed by atoms with van der Waals surface area (Å²) in [6.07, 6.45) is 3.46. The van der Waals surface area contributed by atoms with Crippen LogP contribution >= 0.6 is 0 Å². The highest BCUT2D eigenvalue weighted by Gasteiger charge is 2.33. The lowest BCUT2D eigenvalue weighted by molar-refractivity contribution is -0.141. The molecule has 6 heteroatoms. The number of aromatic nitrogens is 1. The predicted octanol–water partition coefficient (Wildman–Crippen LogP) is 6.11. The first-order valence-corrected chi connectivity index (χ1v) is 13.4. The van der Waals surface area contributed by atoms with Gasteiger partial charge in [-0.2, -0.15) is 0 Å². The molecule has 0 radical (unpaired) electrons. The Morgan fingerprint density at radius 3 is 2.29 bits per heavy atom. The highest BCUT2D eigenvalue weighted by Crippen LogP contribution is 2.37. The first kappa shape index (κ1) is 24.6. The Bertz CT molecular complexity index is 1520. The number of pyridine rings is 1. The van der Waals surface area contributed by atoms with Crippen LogP contribution < -0.4 is 0 Å². The number of rotatable bonds is 7. The van der Waals surface area contributed by atoms with E-state index < -0.39 is 26.5 Å². The second-order valence-corrected chi connectivity index (χ2v) is 12.2. The molecule has 180 valence electrons. The van der Waals surface area contributed by atoms with Crippen molar-refractivity contribution in [3.63, 3.8) is 0 Å².